The monoisotopic (exact) mass is 260 g/mol. The van der Waals surface area contributed by atoms with Crippen LogP contribution < -0.4 is 10.6 Å². The van der Waals surface area contributed by atoms with Crippen LogP contribution in [0.1, 0.15) is 47.0 Å². The Morgan fingerprint density at radius 3 is 2.29 bits per heavy atom. The lowest BCUT2D eigenvalue weighted by Crippen LogP contribution is -2.47. The molecule has 0 fully saturated rings. The van der Waals surface area contributed by atoms with E-state index in [1.54, 1.807) is 0 Å². The van der Waals surface area contributed by atoms with E-state index in [9.17, 15) is 4.79 Å². The van der Waals surface area contributed by atoms with Gasteiger partial charge in [0, 0.05) is 17.8 Å². The van der Waals surface area contributed by atoms with E-state index in [4.69, 9.17) is 0 Å². The highest BCUT2D eigenvalue weighted by Crippen LogP contribution is 2.29. The molecule has 0 bridgehead atoms. The predicted octanol–water partition coefficient (Wildman–Crippen LogP) is 2.41. The zero-order chi connectivity index (χ0) is 13.3. The maximum absolute atomic E-state index is 11.7. The predicted molar refractivity (Wildman–Crippen MR) is 77.6 cm³/mol. The molecule has 0 spiro atoms. The van der Waals surface area contributed by atoms with E-state index >= 15 is 0 Å². The van der Waals surface area contributed by atoms with Gasteiger partial charge in [-0.1, -0.05) is 20.8 Å². The lowest BCUT2D eigenvalue weighted by atomic mass is 10.0. The van der Waals surface area contributed by atoms with Gasteiger partial charge in [-0.15, -0.1) is 0 Å². The quantitative estimate of drug-likeness (QED) is 0.669. The van der Waals surface area contributed by atoms with Crippen LogP contribution in [-0.2, 0) is 4.79 Å². The Kier molecular flexibility index (Phi) is 8.70. The molecule has 0 saturated carbocycles. The highest BCUT2D eigenvalue weighted by molar-refractivity contribution is 8.00. The standard InChI is InChI=1S/C13H28N2OS/c1-6-9-14-12(16)11(4)15-10-13(7-2,8-3)17-5/h11,15H,6-10H2,1-5H3,(H,14,16). The molecule has 4 heteroatoms. The molecule has 102 valence electrons. The van der Waals surface area contributed by atoms with Crippen molar-refractivity contribution in [1.29, 1.82) is 0 Å². The van der Waals surface area contributed by atoms with Crippen LogP contribution in [0.15, 0.2) is 0 Å². The molecule has 2 N–H and O–H groups in total. The fourth-order valence-electron chi connectivity index (χ4n) is 1.69. The number of hydrogen-bond donors (Lipinski definition) is 2. The molecule has 0 radical (unpaired) electrons. The normalized spacial score (nSPS) is 13.5. The fourth-order valence-corrected chi connectivity index (χ4v) is 2.50. The van der Waals surface area contributed by atoms with Crippen molar-refractivity contribution in [2.24, 2.45) is 0 Å². The Morgan fingerprint density at radius 2 is 1.88 bits per heavy atom. The van der Waals surface area contributed by atoms with Gasteiger partial charge in [-0.2, -0.15) is 11.8 Å². The van der Waals surface area contributed by atoms with Gasteiger partial charge in [-0.3, -0.25) is 4.79 Å². The summed E-state index contributed by atoms with van der Waals surface area (Å²) in [6, 6.07) is -0.105. The molecule has 0 aliphatic carbocycles. The Hall–Kier alpha value is -0.220. The van der Waals surface area contributed by atoms with Crippen molar-refractivity contribution in [3.8, 4) is 0 Å². The van der Waals surface area contributed by atoms with E-state index in [-0.39, 0.29) is 16.7 Å². The van der Waals surface area contributed by atoms with Gasteiger partial charge in [0.05, 0.1) is 6.04 Å². The zero-order valence-corrected chi connectivity index (χ0v) is 12.7. The van der Waals surface area contributed by atoms with Gasteiger partial charge in [-0.05, 0) is 32.4 Å². The summed E-state index contributed by atoms with van der Waals surface area (Å²) in [7, 11) is 0. The summed E-state index contributed by atoms with van der Waals surface area (Å²) in [5.41, 5.74) is 0. The van der Waals surface area contributed by atoms with Crippen molar-refractivity contribution in [2.45, 2.75) is 57.7 Å². The molecule has 1 amide bonds. The number of thioether (sulfide) groups is 1. The molecule has 1 atom stereocenters. The second-order valence-electron chi connectivity index (χ2n) is 4.49. The van der Waals surface area contributed by atoms with Gasteiger partial charge in [0.1, 0.15) is 0 Å². The number of rotatable bonds is 9. The van der Waals surface area contributed by atoms with Crippen molar-refractivity contribution >= 4 is 17.7 Å². The fraction of sp³-hybridized carbons (Fsp3) is 0.923. The molecule has 0 aromatic heterocycles. The lowest BCUT2D eigenvalue weighted by Gasteiger charge is -2.31. The van der Waals surface area contributed by atoms with E-state index in [0.717, 1.165) is 32.4 Å². The van der Waals surface area contributed by atoms with Crippen LogP contribution in [0, 0.1) is 0 Å². The minimum absolute atomic E-state index is 0.105. The summed E-state index contributed by atoms with van der Waals surface area (Å²) in [6.45, 7) is 10.1. The van der Waals surface area contributed by atoms with Gasteiger partial charge < -0.3 is 10.6 Å². The SMILES string of the molecule is CCCNC(=O)C(C)NCC(CC)(CC)SC. The second-order valence-corrected chi connectivity index (χ2v) is 5.76. The van der Waals surface area contributed by atoms with Gasteiger partial charge in [-0.25, -0.2) is 0 Å². The maximum Gasteiger partial charge on any atom is 0.236 e. The third-order valence-electron chi connectivity index (χ3n) is 3.39. The largest absolute Gasteiger partial charge is 0.355 e. The Bertz CT molecular complexity index is 209. The van der Waals surface area contributed by atoms with E-state index in [2.05, 4.69) is 37.7 Å². The van der Waals surface area contributed by atoms with E-state index < -0.39 is 0 Å². The van der Waals surface area contributed by atoms with Crippen LogP contribution >= 0.6 is 11.8 Å². The summed E-state index contributed by atoms with van der Waals surface area (Å²) < 4.78 is 0.263. The van der Waals surface area contributed by atoms with Crippen LogP contribution in [0.5, 0.6) is 0 Å². The Balaban J connectivity index is 4.12. The molecule has 0 aliphatic rings. The Morgan fingerprint density at radius 1 is 1.29 bits per heavy atom. The van der Waals surface area contributed by atoms with Crippen molar-refractivity contribution in [2.75, 3.05) is 19.3 Å². The van der Waals surface area contributed by atoms with Crippen molar-refractivity contribution in [3.05, 3.63) is 0 Å². The number of nitrogens with one attached hydrogen (secondary N) is 2. The summed E-state index contributed by atoms with van der Waals surface area (Å²) >= 11 is 1.89. The third kappa shape index (κ3) is 5.77. The van der Waals surface area contributed by atoms with Crippen molar-refractivity contribution in [1.82, 2.24) is 10.6 Å². The minimum atomic E-state index is -0.105. The van der Waals surface area contributed by atoms with Crippen LogP contribution in [0.2, 0.25) is 0 Å². The first-order valence-corrected chi connectivity index (χ1v) is 7.84. The molecule has 0 heterocycles. The van der Waals surface area contributed by atoms with Crippen LogP contribution in [0.3, 0.4) is 0 Å². The van der Waals surface area contributed by atoms with Gasteiger partial charge in [0.15, 0.2) is 0 Å². The van der Waals surface area contributed by atoms with Crippen LogP contribution in [0.4, 0.5) is 0 Å². The second kappa shape index (κ2) is 8.81. The van der Waals surface area contributed by atoms with Gasteiger partial charge >= 0.3 is 0 Å². The summed E-state index contributed by atoms with van der Waals surface area (Å²) in [4.78, 5) is 11.7. The molecular formula is C13H28N2OS. The van der Waals surface area contributed by atoms with Crippen molar-refractivity contribution in [3.63, 3.8) is 0 Å². The maximum atomic E-state index is 11.7. The molecule has 0 saturated heterocycles. The summed E-state index contributed by atoms with van der Waals surface area (Å²) in [5.74, 6) is 0.106. The molecule has 1 unspecified atom stereocenters. The molecule has 0 aliphatic heterocycles. The van der Waals surface area contributed by atoms with Crippen LogP contribution in [0.25, 0.3) is 0 Å². The molecular weight excluding hydrogens is 232 g/mol. The highest BCUT2D eigenvalue weighted by atomic mass is 32.2. The first-order chi connectivity index (χ1) is 8.05. The number of carbonyl (C=O) groups excluding carboxylic acids is 1. The molecule has 0 aromatic carbocycles. The van der Waals surface area contributed by atoms with Gasteiger partial charge in [0.2, 0.25) is 5.91 Å². The highest BCUT2D eigenvalue weighted by Gasteiger charge is 2.26. The van der Waals surface area contributed by atoms with E-state index in [1.807, 2.05) is 18.7 Å². The summed E-state index contributed by atoms with van der Waals surface area (Å²) in [5, 5.41) is 6.27. The minimum Gasteiger partial charge on any atom is -0.355 e. The topological polar surface area (TPSA) is 41.1 Å². The number of carbonyl (C=O) groups is 1. The first-order valence-electron chi connectivity index (χ1n) is 6.61. The summed E-state index contributed by atoms with van der Waals surface area (Å²) in [6.07, 6.45) is 5.38. The zero-order valence-electron chi connectivity index (χ0n) is 11.9. The molecule has 0 rings (SSSR count). The average molecular weight is 260 g/mol. The first kappa shape index (κ1) is 16.8. The average Bonchev–Trinajstić information content (AvgIpc) is 2.37. The molecule has 0 aromatic rings. The molecule has 17 heavy (non-hydrogen) atoms. The smallest absolute Gasteiger partial charge is 0.236 e. The number of hydrogen-bond acceptors (Lipinski definition) is 3. The van der Waals surface area contributed by atoms with E-state index in [1.165, 1.54) is 0 Å². The van der Waals surface area contributed by atoms with Crippen LogP contribution in [-0.4, -0.2) is 36.0 Å². The number of amides is 1. The van der Waals surface area contributed by atoms with Gasteiger partial charge in [0.25, 0.3) is 0 Å². The lowest BCUT2D eigenvalue weighted by molar-refractivity contribution is -0.122. The van der Waals surface area contributed by atoms with E-state index in [0.29, 0.717) is 0 Å². The Labute approximate surface area is 111 Å². The van der Waals surface area contributed by atoms with Crippen molar-refractivity contribution < 1.29 is 4.79 Å². The third-order valence-corrected chi connectivity index (χ3v) is 4.98. The molecule has 3 nitrogen and oxygen atoms in total.